The lowest BCUT2D eigenvalue weighted by atomic mass is 10.1. The van der Waals surface area contributed by atoms with Crippen LogP contribution in [-0.2, 0) is 46.5 Å². The number of hydrogen-bond donors (Lipinski definition) is 3. The Morgan fingerprint density at radius 3 is 1.91 bits per heavy atom. The molecular formula is C34H47N3O9. The number of hydrogen-bond acceptors (Lipinski definition) is 9. The summed E-state index contributed by atoms with van der Waals surface area (Å²) in [4.78, 5) is 62.1. The van der Waals surface area contributed by atoms with Crippen molar-refractivity contribution >= 4 is 30.0 Å². The topological polar surface area (TPSA) is 158 Å². The van der Waals surface area contributed by atoms with E-state index in [1.165, 1.54) is 0 Å². The van der Waals surface area contributed by atoms with Crippen LogP contribution in [0.3, 0.4) is 0 Å². The predicted octanol–water partition coefficient (Wildman–Crippen LogP) is 4.94. The molecule has 2 aromatic rings. The van der Waals surface area contributed by atoms with Crippen molar-refractivity contribution in [3.05, 3.63) is 71.8 Å². The number of esters is 2. The number of benzene rings is 2. The van der Waals surface area contributed by atoms with Crippen LogP contribution in [0.15, 0.2) is 60.7 Å². The first-order chi connectivity index (χ1) is 21.8. The lowest BCUT2D eigenvalue weighted by Crippen LogP contribution is -2.43. The molecule has 0 aliphatic rings. The number of carbonyl (C=O) groups is 5. The Bertz CT molecular complexity index is 1250. The van der Waals surface area contributed by atoms with Gasteiger partial charge in [-0.05, 0) is 65.0 Å². The summed E-state index contributed by atoms with van der Waals surface area (Å²) in [6, 6.07) is 17.0. The normalized spacial score (nSPS) is 12.9. The number of alkyl carbamates (subject to hydrolysis) is 2. The van der Waals surface area contributed by atoms with E-state index in [4.69, 9.17) is 18.9 Å². The van der Waals surface area contributed by atoms with Gasteiger partial charge >= 0.3 is 24.1 Å². The van der Waals surface area contributed by atoms with Crippen molar-refractivity contribution in [3.63, 3.8) is 0 Å². The summed E-state index contributed by atoms with van der Waals surface area (Å²) in [6.07, 6.45) is -0.987. The second-order valence-electron chi connectivity index (χ2n) is 12.0. The standard InChI is InChI=1S/C34H47N3O9/c1-24(36-33(42)46-34(3,4)5)20-30(39)45-25(2)21-29(38)37-28(31(40)43-22-26-14-8-6-9-15-26)18-12-13-19-35-32(41)44-23-27-16-10-7-11-17-27/h6-11,14-17,24-25,28H,12-13,18-23H2,1-5H3,(H,35,41)(H,36,42)(H,37,38)/t24-,25+,28-/m0/s1. The van der Waals surface area contributed by atoms with Gasteiger partial charge in [0, 0.05) is 12.6 Å². The maximum absolute atomic E-state index is 12.9. The summed E-state index contributed by atoms with van der Waals surface area (Å²) >= 11 is 0. The maximum atomic E-state index is 12.9. The van der Waals surface area contributed by atoms with E-state index in [2.05, 4.69) is 16.0 Å². The Hall–Kier alpha value is -4.61. The van der Waals surface area contributed by atoms with Gasteiger partial charge in [0.2, 0.25) is 5.91 Å². The molecule has 3 N–H and O–H groups in total. The highest BCUT2D eigenvalue weighted by molar-refractivity contribution is 5.85. The van der Waals surface area contributed by atoms with Crippen molar-refractivity contribution < 1.29 is 42.9 Å². The van der Waals surface area contributed by atoms with Crippen molar-refractivity contribution in [3.8, 4) is 0 Å². The van der Waals surface area contributed by atoms with Crippen molar-refractivity contribution in [2.45, 2.75) is 104 Å². The molecule has 0 aliphatic heterocycles. The van der Waals surface area contributed by atoms with E-state index in [1.54, 1.807) is 34.6 Å². The van der Waals surface area contributed by atoms with Crippen LogP contribution in [0.5, 0.6) is 0 Å². The number of ether oxygens (including phenoxy) is 4. The fraction of sp³-hybridized carbons (Fsp3) is 0.500. The molecule has 3 atom stereocenters. The minimum atomic E-state index is -0.942. The number of carbonyl (C=O) groups excluding carboxylic acids is 5. The second kappa shape index (κ2) is 19.7. The highest BCUT2D eigenvalue weighted by Crippen LogP contribution is 2.10. The first kappa shape index (κ1) is 37.6. The van der Waals surface area contributed by atoms with E-state index in [1.807, 2.05) is 60.7 Å². The molecule has 2 aromatic carbocycles. The van der Waals surface area contributed by atoms with E-state index in [0.717, 1.165) is 11.1 Å². The zero-order chi connectivity index (χ0) is 34.0. The third kappa shape index (κ3) is 17.0. The molecule has 0 heterocycles. The van der Waals surface area contributed by atoms with Gasteiger partial charge in [0.25, 0.3) is 0 Å². The molecule has 0 bridgehead atoms. The summed E-state index contributed by atoms with van der Waals surface area (Å²) in [5, 5.41) is 7.94. The molecule has 3 amide bonds. The zero-order valence-corrected chi connectivity index (χ0v) is 27.3. The molecule has 0 spiro atoms. The highest BCUT2D eigenvalue weighted by Gasteiger charge is 2.25. The molecule has 252 valence electrons. The molecule has 0 saturated heterocycles. The molecule has 12 heteroatoms. The van der Waals surface area contributed by atoms with Gasteiger partial charge in [-0.15, -0.1) is 0 Å². The molecular weight excluding hydrogens is 594 g/mol. The molecule has 0 radical (unpaired) electrons. The third-order valence-corrected chi connectivity index (χ3v) is 6.29. The summed E-state index contributed by atoms with van der Waals surface area (Å²) in [5.74, 6) is -1.69. The fourth-order valence-corrected chi connectivity index (χ4v) is 4.15. The largest absolute Gasteiger partial charge is 0.462 e. The quantitative estimate of drug-likeness (QED) is 0.124. The van der Waals surface area contributed by atoms with E-state index in [0.29, 0.717) is 19.4 Å². The first-order valence-electron chi connectivity index (χ1n) is 15.4. The number of amides is 3. The predicted molar refractivity (Wildman–Crippen MR) is 170 cm³/mol. The molecule has 2 rings (SSSR count). The van der Waals surface area contributed by atoms with Gasteiger partial charge in [-0.2, -0.15) is 0 Å². The Balaban J connectivity index is 1.81. The van der Waals surface area contributed by atoms with Gasteiger partial charge in [0.1, 0.15) is 31.0 Å². The lowest BCUT2D eigenvalue weighted by Gasteiger charge is -2.22. The van der Waals surface area contributed by atoms with Gasteiger partial charge in [-0.3, -0.25) is 9.59 Å². The fourth-order valence-electron chi connectivity index (χ4n) is 4.15. The average Bonchev–Trinajstić information content (AvgIpc) is 2.97. The second-order valence-corrected chi connectivity index (χ2v) is 12.0. The van der Waals surface area contributed by atoms with Crippen molar-refractivity contribution in [1.82, 2.24) is 16.0 Å². The van der Waals surface area contributed by atoms with Crippen LogP contribution in [-0.4, -0.2) is 60.4 Å². The van der Waals surface area contributed by atoms with Crippen LogP contribution >= 0.6 is 0 Å². The van der Waals surface area contributed by atoms with Crippen molar-refractivity contribution in [2.24, 2.45) is 0 Å². The molecule has 0 aliphatic carbocycles. The SMILES string of the molecule is C[C@H](CC(=O)N[C@@H](CCCCNC(=O)OCc1ccccc1)C(=O)OCc1ccccc1)OC(=O)C[C@H](C)NC(=O)OC(C)(C)C. The summed E-state index contributed by atoms with van der Waals surface area (Å²) in [6.45, 7) is 8.92. The van der Waals surface area contributed by atoms with Gasteiger partial charge in [0.15, 0.2) is 0 Å². The maximum Gasteiger partial charge on any atom is 0.407 e. The van der Waals surface area contributed by atoms with E-state index >= 15 is 0 Å². The minimum Gasteiger partial charge on any atom is -0.462 e. The third-order valence-electron chi connectivity index (χ3n) is 6.29. The van der Waals surface area contributed by atoms with Crippen LogP contribution in [0.2, 0.25) is 0 Å². The van der Waals surface area contributed by atoms with E-state index in [9.17, 15) is 24.0 Å². The van der Waals surface area contributed by atoms with Crippen LogP contribution in [0.4, 0.5) is 9.59 Å². The van der Waals surface area contributed by atoms with E-state index in [-0.39, 0.29) is 32.5 Å². The lowest BCUT2D eigenvalue weighted by molar-refractivity contribution is -0.152. The Morgan fingerprint density at radius 1 is 0.739 bits per heavy atom. The van der Waals surface area contributed by atoms with Crippen LogP contribution in [0.25, 0.3) is 0 Å². The molecule has 0 fully saturated rings. The summed E-state index contributed by atoms with van der Waals surface area (Å²) in [7, 11) is 0. The Kier molecular flexibility index (Phi) is 16.1. The van der Waals surface area contributed by atoms with Gasteiger partial charge in [-0.25, -0.2) is 14.4 Å². The van der Waals surface area contributed by atoms with Gasteiger partial charge in [0.05, 0.1) is 12.8 Å². The molecule has 0 aromatic heterocycles. The smallest absolute Gasteiger partial charge is 0.407 e. The summed E-state index contributed by atoms with van der Waals surface area (Å²) < 4.78 is 21.2. The minimum absolute atomic E-state index is 0.0460. The average molecular weight is 642 g/mol. The van der Waals surface area contributed by atoms with Crippen LogP contribution in [0.1, 0.15) is 77.8 Å². The Labute approximate surface area is 270 Å². The number of unbranched alkanes of at least 4 members (excludes halogenated alkanes) is 1. The van der Waals surface area contributed by atoms with Crippen LogP contribution in [0, 0.1) is 0 Å². The van der Waals surface area contributed by atoms with Crippen molar-refractivity contribution in [1.29, 1.82) is 0 Å². The molecule has 12 nitrogen and oxygen atoms in total. The van der Waals surface area contributed by atoms with Gasteiger partial charge < -0.3 is 34.9 Å². The first-order valence-corrected chi connectivity index (χ1v) is 15.4. The van der Waals surface area contributed by atoms with Crippen molar-refractivity contribution in [2.75, 3.05) is 6.54 Å². The van der Waals surface area contributed by atoms with Crippen LogP contribution < -0.4 is 16.0 Å². The highest BCUT2D eigenvalue weighted by atomic mass is 16.6. The molecule has 0 saturated carbocycles. The zero-order valence-electron chi connectivity index (χ0n) is 27.3. The number of nitrogens with one attached hydrogen (secondary N) is 3. The Morgan fingerprint density at radius 2 is 1.33 bits per heavy atom. The van der Waals surface area contributed by atoms with E-state index < -0.39 is 53.8 Å². The monoisotopic (exact) mass is 641 g/mol. The summed E-state index contributed by atoms with van der Waals surface area (Å²) in [5.41, 5.74) is 1.00. The number of rotatable bonds is 17. The molecule has 0 unspecified atom stereocenters. The van der Waals surface area contributed by atoms with Gasteiger partial charge in [-0.1, -0.05) is 60.7 Å². The molecule has 46 heavy (non-hydrogen) atoms.